The summed E-state index contributed by atoms with van der Waals surface area (Å²) in [6.07, 6.45) is 0. The molecule has 0 radical (unpaired) electrons. The van der Waals surface area contributed by atoms with Gasteiger partial charge in [-0.25, -0.2) is 9.97 Å². The molecule has 5 nitrogen and oxygen atoms in total. The molecule has 7 heteroatoms. The maximum atomic E-state index is 12.6. The number of halogens is 2. The third-order valence-corrected chi connectivity index (χ3v) is 4.20. The van der Waals surface area contributed by atoms with Crippen LogP contribution in [0.25, 0.3) is 11.0 Å². The minimum atomic E-state index is -0.387. The van der Waals surface area contributed by atoms with Gasteiger partial charge < -0.3 is 10.3 Å². The average Bonchev–Trinajstić information content (AvgIpc) is 2.97. The molecule has 124 valence electrons. The second-order valence-electron chi connectivity index (χ2n) is 5.80. The van der Waals surface area contributed by atoms with Gasteiger partial charge in [-0.05, 0) is 30.2 Å². The Hall–Kier alpha value is -2.11. The quantitative estimate of drug-likeness (QED) is 0.676. The number of carbonyl (C=O) groups excluding carboxylic acids is 1. The number of carbonyl (C=O) groups is 1. The molecule has 2 N–H and O–H groups in total. The smallest absolute Gasteiger partial charge is 0.272 e. The zero-order chi connectivity index (χ0) is 17.3. The Morgan fingerprint density at radius 2 is 1.88 bits per heavy atom. The molecule has 3 aromatic rings. The zero-order valence-corrected chi connectivity index (χ0v) is 14.7. The van der Waals surface area contributed by atoms with Gasteiger partial charge in [-0.3, -0.25) is 4.79 Å². The minimum Gasteiger partial charge on any atom is -0.340 e. The molecule has 1 amide bonds. The highest BCUT2D eigenvalue weighted by atomic mass is 35.5. The number of amides is 1. The van der Waals surface area contributed by atoms with Crippen molar-refractivity contribution in [3.05, 3.63) is 58.1 Å². The van der Waals surface area contributed by atoms with Crippen LogP contribution in [0, 0.1) is 5.92 Å². The number of nitrogens with one attached hydrogen (secondary N) is 2. The second-order valence-corrected chi connectivity index (χ2v) is 6.59. The van der Waals surface area contributed by atoms with Crippen LogP contribution in [0.5, 0.6) is 0 Å². The molecule has 1 unspecified atom stereocenters. The number of hydrogen-bond donors (Lipinski definition) is 2. The number of aromatic amines is 1. The topological polar surface area (TPSA) is 70.7 Å². The lowest BCUT2D eigenvalue weighted by Crippen LogP contribution is -2.33. The molecule has 0 aliphatic rings. The Balaban J connectivity index is 1.91. The minimum absolute atomic E-state index is 0.103. The Morgan fingerprint density at radius 1 is 1.12 bits per heavy atom. The molecule has 0 saturated heterocycles. The summed E-state index contributed by atoms with van der Waals surface area (Å²) >= 11 is 11.9. The van der Waals surface area contributed by atoms with Gasteiger partial charge in [-0.15, -0.1) is 0 Å². The SMILES string of the molecule is CC(C)C(NC(=O)c1nc(Cl)ccc1Cl)c1nc2ccccc2[nH]1. The van der Waals surface area contributed by atoms with Crippen LogP contribution in [-0.2, 0) is 0 Å². The van der Waals surface area contributed by atoms with Crippen molar-refractivity contribution in [1.29, 1.82) is 0 Å². The lowest BCUT2D eigenvalue weighted by molar-refractivity contribution is 0.0918. The van der Waals surface area contributed by atoms with E-state index in [1.54, 1.807) is 12.1 Å². The predicted molar refractivity (Wildman–Crippen MR) is 95.4 cm³/mol. The Kier molecular flexibility index (Phi) is 4.73. The van der Waals surface area contributed by atoms with Gasteiger partial charge in [0.05, 0.1) is 22.1 Å². The first-order chi connectivity index (χ1) is 11.5. The molecule has 2 heterocycles. The van der Waals surface area contributed by atoms with E-state index in [1.165, 1.54) is 0 Å². The first-order valence-corrected chi connectivity index (χ1v) is 8.29. The van der Waals surface area contributed by atoms with Gasteiger partial charge in [0.15, 0.2) is 0 Å². The molecule has 0 fully saturated rings. The highest BCUT2D eigenvalue weighted by Gasteiger charge is 2.24. The maximum absolute atomic E-state index is 12.6. The van der Waals surface area contributed by atoms with Crippen LogP contribution in [0.4, 0.5) is 0 Å². The fourth-order valence-electron chi connectivity index (χ4n) is 2.46. The summed E-state index contributed by atoms with van der Waals surface area (Å²) < 4.78 is 0. The second kappa shape index (κ2) is 6.79. The van der Waals surface area contributed by atoms with E-state index in [-0.39, 0.29) is 33.7 Å². The van der Waals surface area contributed by atoms with Crippen LogP contribution in [0.3, 0.4) is 0 Å². The van der Waals surface area contributed by atoms with E-state index in [2.05, 4.69) is 20.3 Å². The number of rotatable bonds is 4. The fraction of sp³-hybridized carbons (Fsp3) is 0.235. The van der Waals surface area contributed by atoms with Crippen molar-refractivity contribution in [1.82, 2.24) is 20.3 Å². The Morgan fingerprint density at radius 3 is 2.58 bits per heavy atom. The molecular formula is C17H16Cl2N4O. The van der Waals surface area contributed by atoms with Crippen molar-refractivity contribution in [3.63, 3.8) is 0 Å². The number of aromatic nitrogens is 3. The standard InChI is InChI=1S/C17H16Cl2N4O/c1-9(2)14(16-20-11-5-3-4-6-12(11)21-16)23-17(24)15-10(18)7-8-13(19)22-15/h3-9,14H,1-2H3,(H,20,21)(H,23,24). The van der Waals surface area contributed by atoms with Gasteiger partial charge >= 0.3 is 0 Å². The van der Waals surface area contributed by atoms with Crippen LogP contribution in [-0.4, -0.2) is 20.9 Å². The van der Waals surface area contributed by atoms with E-state index in [0.29, 0.717) is 5.82 Å². The third-order valence-electron chi connectivity index (χ3n) is 3.68. The predicted octanol–water partition coefficient (Wildman–Crippen LogP) is 4.39. The summed E-state index contributed by atoms with van der Waals surface area (Å²) in [4.78, 5) is 24.4. The summed E-state index contributed by atoms with van der Waals surface area (Å²) in [5, 5.41) is 3.41. The van der Waals surface area contributed by atoms with E-state index in [4.69, 9.17) is 23.2 Å². The summed E-state index contributed by atoms with van der Waals surface area (Å²) in [6, 6.07) is 10.5. The van der Waals surface area contributed by atoms with Crippen molar-refractivity contribution in [2.24, 2.45) is 5.92 Å². The molecule has 3 rings (SSSR count). The van der Waals surface area contributed by atoms with E-state index in [0.717, 1.165) is 11.0 Å². The number of hydrogen-bond acceptors (Lipinski definition) is 3. The van der Waals surface area contributed by atoms with Crippen LogP contribution >= 0.6 is 23.2 Å². The van der Waals surface area contributed by atoms with Crippen LogP contribution in [0.2, 0.25) is 10.2 Å². The number of imidazole rings is 1. The van der Waals surface area contributed by atoms with E-state index < -0.39 is 0 Å². The molecule has 0 bridgehead atoms. The molecule has 0 spiro atoms. The van der Waals surface area contributed by atoms with Crippen molar-refractivity contribution >= 4 is 40.1 Å². The maximum Gasteiger partial charge on any atom is 0.272 e. The summed E-state index contributed by atoms with van der Waals surface area (Å²) in [6.45, 7) is 4.01. The molecule has 2 aromatic heterocycles. The summed E-state index contributed by atoms with van der Waals surface area (Å²) in [7, 11) is 0. The third kappa shape index (κ3) is 3.37. The first kappa shape index (κ1) is 16.7. The largest absolute Gasteiger partial charge is 0.340 e. The molecular weight excluding hydrogens is 347 g/mol. The van der Waals surface area contributed by atoms with Crippen LogP contribution in [0.15, 0.2) is 36.4 Å². The first-order valence-electron chi connectivity index (χ1n) is 7.53. The molecule has 0 aliphatic carbocycles. The summed E-state index contributed by atoms with van der Waals surface area (Å²) in [5.74, 6) is 0.423. The van der Waals surface area contributed by atoms with Crippen molar-refractivity contribution in [3.8, 4) is 0 Å². The van der Waals surface area contributed by atoms with Crippen molar-refractivity contribution in [2.45, 2.75) is 19.9 Å². The normalized spacial score (nSPS) is 12.5. The lowest BCUT2D eigenvalue weighted by Gasteiger charge is -2.20. The number of para-hydroxylation sites is 2. The monoisotopic (exact) mass is 362 g/mol. The lowest BCUT2D eigenvalue weighted by atomic mass is 10.0. The summed E-state index contributed by atoms with van der Waals surface area (Å²) in [5.41, 5.74) is 1.88. The van der Waals surface area contributed by atoms with E-state index in [1.807, 2.05) is 38.1 Å². The number of nitrogens with zero attached hydrogens (tertiary/aromatic N) is 2. The average molecular weight is 363 g/mol. The highest BCUT2D eigenvalue weighted by Crippen LogP contribution is 2.24. The molecule has 0 saturated carbocycles. The number of pyridine rings is 1. The molecule has 1 aromatic carbocycles. The number of benzene rings is 1. The van der Waals surface area contributed by atoms with Crippen LogP contribution < -0.4 is 5.32 Å². The van der Waals surface area contributed by atoms with Gasteiger partial charge in [-0.2, -0.15) is 0 Å². The number of fused-ring (bicyclic) bond motifs is 1. The van der Waals surface area contributed by atoms with Crippen molar-refractivity contribution in [2.75, 3.05) is 0 Å². The van der Waals surface area contributed by atoms with E-state index in [9.17, 15) is 4.79 Å². The molecule has 1 atom stereocenters. The van der Waals surface area contributed by atoms with Crippen molar-refractivity contribution < 1.29 is 4.79 Å². The Labute approximate surface area is 149 Å². The molecule has 24 heavy (non-hydrogen) atoms. The van der Waals surface area contributed by atoms with Gasteiger partial charge in [-0.1, -0.05) is 49.2 Å². The molecule has 0 aliphatic heterocycles. The number of H-pyrrole nitrogens is 1. The van der Waals surface area contributed by atoms with Gasteiger partial charge in [0.1, 0.15) is 16.7 Å². The van der Waals surface area contributed by atoms with Gasteiger partial charge in [0.2, 0.25) is 0 Å². The Bertz CT molecular complexity index is 858. The zero-order valence-electron chi connectivity index (χ0n) is 13.2. The van der Waals surface area contributed by atoms with Gasteiger partial charge in [0.25, 0.3) is 5.91 Å². The highest BCUT2D eigenvalue weighted by molar-refractivity contribution is 6.34. The van der Waals surface area contributed by atoms with Gasteiger partial charge in [0, 0.05) is 0 Å². The van der Waals surface area contributed by atoms with Crippen LogP contribution in [0.1, 0.15) is 36.2 Å². The fourth-order valence-corrected chi connectivity index (χ4v) is 2.80. The van der Waals surface area contributed by atoms with E-state index >= 15 is 0 Å².